The lowest BCUT2D eigenvalue weighted by Crippen LogP contribution is -2.45. The minimum atomic E-state index is -3.84. The molecule has 1 saturated heterocycles. The third kappa shape index (κ3) is 3.75. The number of anilines is 1. The van der Waals surface area contributed by atoms with E-state index in [1.807, 2.05) is 0 Å². The van der Waals surface area contributed by atoms with Crippen LogP contribution in [0.3, 0.4) is 0 Å². The highest BCUT2D eigenvalue weighted by Crippen LogP contribution is 2.23. The van der Waals surface area contributed by atoms with Crippen LogP contribution in [-0.4, -0.2) is 38.4 Å². The third-order valence-corrected chi connectivity index (χ3v) is 5.47. The smallest absolute Gasteiger partial charge is 0.243 e. The van der Waals surface area contributed by atoms with Gasteiger partial charge in [-0.05, 0) is 38.0 Å². The summed E-state index contributed by atoms with van der Waals surface area (Å²) in [6.07, 6.45) is 1.92. The van der Waals surface area contributed by atoms with Crippen LogP contribution in [0.1, 0.15) is 19.8 Å². The second-order valence-electron chi connectivity index (χ2n) is 5.06. The highest BCUT2D eigenvalue weighted by molar-refractivity contribution is 9.10. The Morgan fingerprint density at radius 3 is 2.62 bits per heavy atom. The van der Waals surface area contributed by atoms with E-state index in [1.54, 1.807) is 17.9 Å². The molecule has 1 amide bonds. The standard InChI is InChI=1S/C13H18BrN3O3S/c1-9(13(18)17-6-2-3-7-17)16-21(19,20)12-8-10(14)4-5-11(12)15/h4-5,8-9,16H,2-3,6-7,15H2,1H3. The topological polar surface area (TPSA) is 92.5 Å². The molecule has 21 heavy (non-hydrogen) atoms. The van der Waals surface area contributed by atoms with Crippen molar-refractivity contribution in [3.8, 4) is 0 Å². The van der Waals surface area contributed by atoms with Crippen LogP contribution in [0, 0.1) is 0 Å². The summed E-state index contributed by atoms with van der Waals surface area (Å²) in [5.74, 6) is -0.204. The average Bonchev–Trinajstić information content (AvgIpc) is 2.94. The van der Waals surface area contributed by atoms with Gasteiger partial charge in [-0.1, -0.05) is 15.9 Å². The molecule has 1 aliphatic rings. The van der Waals surface area contributed by atoms with Crippen molar-refractivity contribution >= 4 is 37.5 Å². The lowest BCUT2D eigenvalue weighted by atomic mass is 10.3. The van der Waals surface area contributed by atoms with E-state index in [0.29, 0.717) is 17.6 Å². The number of sulfonamides is 1. The molecule has 1 heterocycles. The number of nitrogens with one attached hydrogen (secondary N) is 1. The first kappa shape index (κ1) is 16.3. The first-order valence-electron chi connectivity index (χ1n) is 6.67. The van der Waals surface area contributed by atoms with Crippen molar-refractivity contribution in [3.05, 3.63) is 22.7 Å². The Morgan fingerprint density at radius 1 is 1.38 bits per heavy atom. The number of nitrogens with zero attached hydrogens (tertiary/aromatic N) is 1. The predicted octanol–water partition coefficient (Wildman–Crippen LogP) is 1.32. The number of carbonyl (C=O) groups is 1. The molecule has 1 aliphatic heterocycles. The molecule has 8 heteroatoms. The molecule has 1 unspecified atom stereocenters. The van der Waals surface area contributed by atoms with Crippen LogP contribution in [0.2, 0.25) is 0 Å². The molecule has 0 aromatic heterocycles. The molecule has 1 aromatic rings. The van der Waals surface area contributed by atoms with Crippen LogP contribution in [0.5, 0.6) is 0 Å². The van der Waals surface area contributed by atoms with E-state index < -0.39 is 16.1 Å². The molecule has 1 aromatic carbocycles. The lowest BCUT2D eigenvalue weighted by Gasteiger charge is -2.21. The number of hydrogen-bond acceptors (Lipinski definition) is 4. The highest BCUT2D eigenvalue weighted by Gasteiger charge is 2.28. The SMILES string of the molecule is CC(NS(=O)(=O)c1cc(Br)ccc1N)C(=O)N1CCCC1. The number of benzene rings is 1. The van der Waals surface area contributed by atoms with Gasteiger partial charge in [0, 0.05) is 17.6 Å². The Balaban J connectivity index is 2.16. The minimum Gasteiger partial charge on any atom is -0.398 e. The van der Waals surface area contributed by atoms with Gasteiger partial charge >= 0.3 is 0 Å². The Kier molecular flexibility index (Phi) is 4.90. The monoisotopic (exact) mass is 375 g/mol. The molecule has 0 saturated carbocycles. The first-order valence-corrected chi connectivity index (χ1v) is 8.95. The van der Waals surface area contributed by atoms with Crippen LogP contribution in [0.15, 0.2) is 27.6 Å². The molecule has 3 N–H and O–H groups in total. The van der Waals surface area contributed by atoms with Gasteiger partial charge in [-0.25, -0.2) is 8.42 Å². The summed E-state index contributed by atoms with van der Waals surface area (Å²) in [5, 5.41) is 0. The normalized spacial score (nSPS) is 17.0. The van der Waals surface area contributed by atoms with Gasteiger partial charge in [-0.15, -0.1) is 0 Å². The minimum absolute atomic E-state index is 0.0297. The van der Waals surface area contributed by atoms with Crippen LogP contribution >= 0.6 is 15.9 Å². The summed E-state index contributed by atoms with van der Waals surface area (Å²) in [7, 11) is -3.84. The Bertz CT molecular complexity index is 642. The summed E-state index contributed by atoms with van der Waals surface area (Å²) < 4.78 is 27.7. The van der Waals surface area contributed by atoms with E-state index in [1.165, 1.54) is 12.1 Å². The largest absolute Gasteiger partial charge is 0.398 e. The van der Waals surface area contributed by atoms with Crippen molar-refractivity contribution < 1.29 is 13.2 Å². The fraction of sp³-hybridized carbons (Fsp3) is 0.462. The lowest BCUT2D eigenvalue weighted by molar-refractivity contribution is -0.131. The number of nitrogens with two attached hydrogens (primary N) is 1. The first-order chi connectivity index (χ1) is 9.81. The van der Waals surface area contributed by atoms with Crippen molar-refractivity contribution in [1.82, 2.24) is 9.62 Å². The average molecular weight is 376 g/mol. The van der Waals surface area contributed by atoms with Gasteiger partial charge in [-0.2, -0.15) is 4.72 Å². The fourth-order valence-corrected chi connectivity index (χ4v) is 4.17. The zero-order chi connectivity index (χ0) is 15.6. The number of rotatable bonds is 4. The zero-order valence-electron chi connectivity index (χ0n) is 11.7. The molecule has 6 nitrogen and oxygen atoms in total. The quantitative estimate of drug-likeness (QED) is 0.776. The second-order valence-corrected chi connectivity index (χ2v) is 7.66. The Morgan fingerprint density at radius 2 is 2.00 bits per heavy atom. The van der Waals surface area contributed by atoms with Crippen molar-refractivity contribution in [1.29, 1.82) is 0 Å². The molecule has 0 radical (unpaired) electrons. The van der Waals surface area contributed by atoms with Crippen molar-refractivity contribution in [2.75, 3.05) is 18.8 Å². The molecule has 1 atom stereocenters. The summed E-state index contributed by atoms with van der Waals surface area (Å²) in [5.41, 5.74) is 5.86. The number of likely N-dealkylation sites (tertiary alicyclic amines) is 1. The van der Waals surface area contributed by atoms with Crippen LogP contribution in [0.25, 0.3) is 0 Å². The number of nitrogen functional groups attached to an aromatic ring is 1. The van der Waals surface area contributed by atoms with Crippen LogP contribution in [0.4, 0.5) is 5.69 Å². The van der Waals surface area contributed by atoms with Gasteiger partial charge in [0.1, 0.15) is 4.90 Å². The molecule has 0 bridgehead atoms. The van der Waals surface area contributed by atoms with E-state index in [9.17, 15) is 13.2 Å². The maximum Gasteiger partial charge on any atom is 0.243 e. The summed E-state index contributed by atoms with van der Waals surface area (Å²) in [6, 6.07) is 3.77. The van der Waals surface area contributed by atoms with Gasteiger partial charge in [0.2, 0.25) is 15.9 Å². The number of halogens is 1. The molecular weight excluding hydrogens is 358 g/mol. The summed E-state index contributed by atoms with van der Waals surface area (Å²) in [4.78, 5) is 13.8. The summed E-state index contributed by atoms with van der Waals surface area (Å²) in [6.45, 7) is 2.92. The number of hydrogen-bond donors (Lipinski definition) is 2. The third-order valence-electron chi connectivity index (χ3n) is 3.39. The van der Waals surface area contributed by atoms with E-state index in [-0.39, 0.29) is 16.5 Å². The van der Waals surface area contributed by atoms with Crippen LogP contribution < -0.4 is 10.5 Å². The van der Waals surface area contributed by atoms with Gasteiger partial charge in [0.25, 0.3) is 0 Å². The van der Waals surface area contributed by atoms with Crippen LogP contribution in [-0.2, 0) is 14.8 Å². The fourth-order valence-electron chi connectivity index (χ4n) is 2.30. The molecule has 1 fully saturated rings. The van der Waals surface area contributed by atoms with Gasteiger partial charge in [0.15, 0.2) is 0 Å². The molecule has 2 rings (SSSR count). The molecule has 0 aliphatic carbocycles. The highest BCUT2D eigenvalue weighted by atomic mass is 79.9. The maximum atomic E-state index is 12.4. The van der Waals surface area contributed by atoms with E-state index in [2.05, 4.69) is 20.7 Å². The summed E-state index contributed by atoms with van der Waals surface area (Å²) >= 11 is 3.21. The number of amides is 1. The molecule has 0 spiro atoms. The Labute approximate surface area is 132 Å². The van der Waals surface area contributed by atoms with Gasteiger partial charge in [0.05, 0.1) is 11.7 Å². The number of carbonyl (C=O) groups excluding carboxylic acids is 1. The predicted molar refractivity (Wildman–Crippen MR) is 84.2 cm³/mol. The van der Waals surface area contributed by atoms with E-state index in [0.717, 1.165) is 12.8 Å². The zero-order valence-corrected chi connectivity index (χ0v) is 14.1. The van der Waals surface area contributed by atoms with Crippen molar-refractivity contribution in [2.24, 2.45) is 0 Å². The van der Waals surface area contributed by atoms with Gasteiger partial charge in [-0.3, -0.25) is 4.79 Å². The van der Waals surface area contributed by atoms with Crippen molar-refractivity contribution in [3.63, 3.8) is 0 Å². The van der Waals surface area contributed by atoms with Gasteiger partial charge < -0.3 is 10.6 Å². The van der Waals surface area contributed by atoms with E-state index in [4.69, 9.17) is 5.73 Å². The van der Waals surface area contributed by atoms with Crippen molar-refractivity contribution in [2.45, 2.75) is 30.7 Å². The Hall–Kier alpha value is -1.12. The van der Waals surface area contributed by atoms with E-state index >= 15 is 0 Å². The molecular formula is C13H18BrN3O3S. The molecule has 116 valence electrons. The second kappa shape index (κ2) is 6.33. The maximum absolute atomic E-state index is 12.4.